The van der Waals surface area contributed by atoms with Gasteiger partial charge in [0.2, 0.25) is 5.88 Å². The average Bonchev–Trinajstić information content (AvgIpc) is 2.42. The highest BCUT2D eigenvalue weighted by molar-refractivity contribution is 5.37. The first-order valence-electron chi connectivity index (χ1n) is 6.20. The van der Waals surface area contributed by atoms with Crippen molar-refractivity contribution in [1.29, 1.82) is 0 Å². The Labute approximate surface area is 113 Å². The third kappa shape index (κ3) is 3.45. The number of benzene rings is 1. The Kier molecular flexibility index (Phi) is 4.36. The number of pyridine rings is 1. The normalized spacial score (nSPS) is 10.3. The molecule has 0 aliphatic heterocycles. The SMILES string of the molecule is COc1cccc(Oc2ncc(CCN)cc2C)c1. The smallest absolute Gasteiger partial charge is 0.222 e. The molecule has 0 unspecified atom stereocenters. The molecule has 1 heterocycles. The van der Waals surface area contributed by atoms with Crippen LogP contribution in [0, 0.1) is 6.92 Å². The number of rotatable bonds is 5. The van der Waals surface area contributed by atoms with E-state index in [1.165, 1.54) is 0 Å². The molecule has 0 saturated carbocycles. The van der Waals surface area contributed by atoms with Gasteiger partial charge in [-0.2, -0.15) is 0 Å². The van der Waals surface area contributed by atoms with E-state index < -0.39 is 0 Å². The van der Waals surface area contributed by atoms with Crippen LogP contribution >= 0.6 is 0 Å². The van der Waals surface area contributed by atoms with Gasteiger partial charge in [-0.3, -0.25) is 0 Å². The van der Waals surface area contributed by atoms with Crippen LogP contribution in [0.25, 0.3) is 0 Å². The molecule has 100 valence electrons. The van der Waals surface area contributed by atoms with Gasteiger partial charge in [0.1, 0.15) is 11.5 Å². The number of hydrogen-bond donors (Lipinski definition) is 1. The molecule has 2 aromatic rings. The zero-order chi connectivity index (χ0) is 13.7. The Balaban J connectivity index is 2.18. The molecule has 4 nitrogen and oxygen atoms in total. The van der Waals surface area contributed by atoms with Crippen LogP contribution in [-0.4, -0.2) is 18.6 Å². The molecule has 4 heteroatoms. The monoisotopic (exact) mass is 258 g/mol. The summed E-state index contributed by atoms with van der Waals surface area (Å²) < 4.78 is 10.9. The van der Waals surface area contributed by atoms with Crippen molar-refractivity contribution in [2.45, 2.75) is 13.3 Å². The fourth-order valence-electron chi connectivity index (χ4n) is 1.81. The van der Waals surface area contributed by atoms with Crippen LogP contribution in [0.4, 0.5) is 0 Å². The highest BCUT2D eigenvalue weighted by atomic mass is 16.5. The van der Waals surface area contributed by atoms with Crippen LogP contribution in [0.15, 0.2) is 36.5 Å². The molecule has 0 atom stereocenters. The van der Waals surface area contributed by atoms with Crippen molar-refractivity contribution in [2.75, 3.05) is 13.7 Å². The summed E-state index contributed by atoms with van der Waals surface area (Å²) in [4.78, 5) is 4.33. The lowest BCUT2D eigenvalue weighted by molar-refractivity contribution is 0.407. The van der Waals surface area contributed by atoms with Crippen LogP contribution in [0.2, 0.25) is 0 Å². The third-order valence-corrected chi connectivity index (χ3v) is 2.78. The van der Waals surface area contributed by atoms with Crippen molar-refractivity contribution in [3.63, 3.8) is 0 Å². The highest BCUT2D eigenvalue weighted by Gasteiger charge is 2.05. The van der Waals surface area contributed by atoms with E-state index in [1.807, 2.05) is 31.2 Å². The Morgan fingerprint density at radius 2 is 2.00 bits per heavy atom. The summed E-state index contributed by atoms with van der Waals surface area (Å²) in [7, 11) is 1.63. The minimum Gasteiger partial charge on any atom is -0.497 e. The standard InChI is InChI=1S/C15H18N2O2/c1-11-8-12(6-7-16)10-17-15(11)19-14-5-3-4-13(9-14)18-2/h3-5,8-10H,6-7,16H2,1-2H3. The van der Waals surface area contributed by atoms with Gasteiger partial charge in [-0.1, -0.05) is 6.07 Å². The molecule has 0 amide bonds. The topological polar surface area (TPSA) is 57.4 Å². The van der Waals surface area contributed by atoms with Gasteiger partial charge in [0, 0.05) is 17.8 Å². The molecule has 0 bridgehead atoms. The molecule has 2 rings (SSSR count). The fourth-order valence-corrected chi connectivity index (χ4v) is 1.81. The first-order chi connectivity index (χ1) is 9.22. The zero-order valence-corrected chi connectivity index (χ0v) is 11.2. The van der Waals surface area contributed by atoms with Crippen LogP contribution in [0.1, 0.15) is 11.1 Å². The largest absolute Gasteiger partial charge is 0.497 e. The number of ether oxygens (including phenoxy) is 2. The number of aryl methyl sites for hydroxylation is 1. The van der Waals surface area contributed by atoms with E-state index in [-0.39, 0.29) is 0 Å². The summed E-state index contributed by atoms with van der Waals surface area (Å²) in [6, 6.07) is 9.51. The van der Waals surface area contributed by atoms with Crippen LogP contribution in [0.5, 0.6) is 17.4 Å². The summed E-state index contributed by atoms with van der Waals surface area (Å²) in [5.41, 5.74) is 7.65. The maximum absolute atomic E-state index is 5.76. The Morgan fingerprint density at radius 3 is 2.68 bits per heavy atom. The van der Waals surface area contributed by atoms with Gasteiger partial charge in [0.25, 0.3) is 0 Å². The molecule has 1 aromatic carbocycles. The number of methoxy groups -OCH3 is 1. The van der Waals surface area contributed by atoms with Gasteiger partial charge in [-0.15, -0.1) is 0 Å². The van der Waals surface area contributed by atoms with Crippen molar-refractivity contribution >= 4 is 0 Å². The minimum absolute atomic E-state index is 0.606. The van der Waals surface area contributed by atoms with Gasteiger partial charge < -0.3 is 15.2 Å². The molecule has 1 aromatic heterocycles. The Bertz CT molecular complexity index is 556. The molecule has 0 radical (unpaired) electrons. The van der Waals surface area contributed by atoms with E-state index in [4.69, 9.17) is 15.2 Å². The van der Waals surface area contributed by atoms with Crippen molar-refractivity contribution in [3.8, 4) is 17.4 Å². The average molecular weight is 258 g/mol. The maximum Gasteiger partial charge on any atom is 0.222 e. The van der Waals surface area contributed by atoms with Gasteiger partial charge in [0.05, 0.1) is 7.11 Å². The van der Waals surface area contributed by atoms with E-state index in [2.05, 4.69) is 11.1 Å². The molecule has 0 spiro atoms. The second-order valence-electron chi connectivity index (χ2n) is 4.29. The summed E-state index contributed by atoms with van der Waals surface area (Å²) in [5.74, 6) is 2.07. The van der Waals surface area contributed by atoms with Gasteiger partial charge in [-0.05, 0) is 43.7 Å². The zero-order valence-electron chi connectivity index (χ0n) is 11.2. The molecule has 0 saturated heterocycles. The predicted octanol–water partition coefficient (Wildman–Crippen LogP) is 2.69. The lowest BCUT2D eigenvalue weighted by Gasteiger charge is -2.09. The summed E-state index contributed by atoms with van der Waals surface area (Å²) in [5, 5.41) is 0. The molecule has 2 N–H and O–H groups in total. The summed E-state index contributed by atoms with van der Waals surface area (Å²) in [6.45, 7) is 2.60. The molecule has 0 fully saturated rings. The van der Waals surface area contributed by atoms with Crippen molar-refractivity contribution < 1.29 is 9.47 Å². The van der Waals surface area contributed by atoms with Gasteiger partial charge in [-0.25, -0.2) is 4.98 Å². The molecule has 0 aliphatic carbocycles. The number of aromatic nitrogens is 1. The lowest BCUT2D eigenvalue weighted by Crippen LogP contribution is -2.03. The number of hydrogen-bond acceptors (Lipinski definition) is 4. The Morgan fingerprint density at radius 1 is 1.21 bits per heavy atom. The van der Waals surface area contributed by atoms with Gasteiger partial charge in [0.15, 0.2) is 0 Å². The second kappa shape index (κ2) is 6.20. The van der Waals surface area contributed by atoms with Crippen molar-refractivity contribution in [1.82, 2.24) is 4.98 Å². The Hall–Kier alpha value is -2.07. The summed E-state index contributed by atoms with van der Waals surface area (Å²) in [6.07, 6.45) is 2.63. The lowest BCUT2D eigenvalue weighted by atomic mass is 10.1. The van der Waals surface area contributed by atoms with E-state index in [0.29, 0.717) is 18.2 Å². The minimum atomic E-state index is 0.606. The van der Waals surface area contributed by atoms with Crippen LogP contribution in [0.3, 0.4) is 0 Å². The third-order valence-electron chi connectivity index (χ3n) is 2.78. The van der Waals surface area contributed by atoms with E-state index >= 15 is 0 Å². The molecule has 19 heavy (non-hydrogen) atoms. The van der Waals surface area contributed by atoms with Crippen molar-refractivity contribution in [2.24, 2.45) is 5.73 Å². The molecular formula is C15H18N2O2. The number of nitrogens with zero attached hydrogens (tertiary/aromatic N) is 1. The number of nitrogens with two attached hydrogens (primary N) is 1. The van der Waals surface area contributed by atoms with E-state index in [9.17, 15) is 0 Å². The van der Waals surface area contributed by atoms with Gasteiger partial charge >= 0.3 is 0 Å². The van der Waals surface area contributed by atoms with E-state index in [0.717, 1.165) is 23.3 Å². The fraction of sp³-hybridized carbons (Fsp3) is 0.267. The van der Waals surface area contributed by atoms with E-state index in [1.54, 1.807) is 13.3 Å². The maximum atomic E-state index is 5.76. The molecule has 0 aliphatic rings. The summed E-state index contributed by atoms with van der Waals surface area (Å²) >= 11 is 0. The van der Waals surface area contributed by atoms with Crippen LogP contribution < -0.4 is 15.2 Å². The quantitative estimate of drug-likeness (QED) is 0.895. The first-order valence-corrected chi connectivity index (χ1v) is 6.20. The molecular weight excluding hydrogens is 240 g/mol. The first kappa shape index (κ1) is 13.4. The highest BCUT2D eigenvalue weighted by Crippen LogP contribution is 2.26. The van der Waals surface area contributed by atoms with Crippen molar-refractivity contribution in [3.05, 3.63) is 47.7 Å². The second-order valence-corrected chi connectivity index (χ2v) is 4.29. The van der Waals surface area contributed by atoms with Crippen LogP contribution in [-0.2, 0) is 6.42 Å². The predicted molar refractivity (Wildman–Crippen MR) is 74.8 cm³/mol.